The van der Waals surface area contributed by atoms with Crippen LogP contribution < -0.4 is 21.3 Å². The standard InChI is InChI=1S/C58H93N5O15.CO2/c1-42(39-43(2)57(3,4)5)40-44-20-21-49(66)47(41-44)62-52(69)18-10-9-17-48(65)46(61-53(70)19-13-30-63-54(71)22-23-55(63)72)16-11-12-28-59-50(67)25-33-75-34-26-51(68)60-29-36-76-32-24-45(64)15-14-31-74-37-38-77-35-27-56(73)78-58(6,7)8;2-1-3/h20-23,41-43,46,66H,9-19,24-40H2,1-8H3,(H,59,67)(H,60,68)(H,61,70)(H,62,69);/t42-,43?,46+;/m1./s1. The summed E-state index contributed by atoms with van der Waals surface area (Å²) in [6, 6.07) is 4.46. The summed E-state index contributed by atoms with van der Waals surface area (Å²) in [7, 11) is 0. The Labute approximate surface area is 478 Å². The summed E-state index contributed by atoms with van der Waals surface area (Å²) in [6.07, 6.45) is 8.60. The molecule has 2 rings (SSSR count). The summed E-state index contributed by atoms with van der Waals surface area (Å²) in [5.41, 5.74) is 1.04. The maximum absolute atomic E-state index is 13.5. The number of carbonyl (C=O) groups excluding carboxylic acids is 11. The van der Waals surface area contributed by atoms with Gasteiger partial charge in [-0.1, -0.05) is 40.7 Å². The van der Waals surface area contributed by atoms with E-state index in [0.29, 0.717) is 88.8 Å². The second-order valence-electron chi connectivity index (χ2n) is 22.2. The Balaban J connectivity index is 0.0000107. The second kappa shape index (κ2) is 41.8. The molecule has 5 N–H and O–H groups in total. The zero-order chi connectivity index (χ0) is 60.6. The normalized spacial score (nSPS) is 13.3. The minimum atomic E-state index is -0.812. The molecule has 1 heterocycles. The first-order valence-electron chi connectivity index (χ1n) is 28.4. The summed E-state index contributed by atoms with van der Waals surface area (Å²) in [4.78, 5) is 129. The van der Waals surface area contributed by atoms with Crippen molar-refractivity contribution in [2.75, 3.05) is 77.8 Å². The third kappa shape index (κ3) is 37.5. The number of benzene rings is 1. The first-order valence-corrected chi connectivity index (χ1v) is 28.4. The zero-order valence-corrected chi connectivity index (χ0v) is 49.3. The van der Waals surface area contributed by atoms with Gasteiger partial charge in [0.2, 0.25) is 23.6 Å². The van der Waals surface area contributed by atoms with Crippen LogP contribution in [0, 0.1) is 17.3 Å². The first kappa shape index (κ1) is 72.8. The lowest BCUT2D eigenvalue weighted by Crippen LogP contribution is -2.41. The van der Waals surface area contributed by atoms with Gasteiger partial charge < -0.3 is 50.1 Å². The van der Waals surface area contributed by atoms with E-state index in [1.165, 1.54) is 12.2 Å². The molecule has 0 spiro atoms. The van der Waals surface area contributed by atoms with Crippen molar-refractivity contribution in [2.24, 2.45) is 17.3 Å². The van der Waals surface area contributed by atoms with Crippen LogP contribution in [-0.4, -0.2) is 153 Å². The molecule has 81 heavy (non-hydrogen) atoms. The molecule has 0 fully saturated rings. The van der Waals surface area contributed by atoms with Crippen LogP contribution >= 0.6 is 0 Å². The molecular formula is C59H93N5O17. The Bertz CT molecular complexity index is 2160. The smallest absolute Gasteiger partial charge is 0.373 e. The predicted octanol–water partition coefficient (Wildman–Crippen LogP) is 6.04. The lowest BCUT2D eigenvalue weighted by molar-refractivity contribution is -0.192. The van der Waals surface area contributed by atoms with E-state index < -0.39 is 29.4 Å². The van der Waals surface area contributed by atoms with Crippen LogP contribution in [0.5, 0.6) is 5.75 Å². The van der Waals surface area contributed by atoms with Gasteiger partial charge in [-0.3, -0.25) is 48.1 Å². The van der Waals surface area contributed by atoms with Crippen molar-refractivity contribution in [3.8, 4) is 5.75 Å². The molecule has 1 unspecified atom stereocenters. The number of hydrogen-bond donors (Lipinski definition) is 5. The molecule has 456 valence electrons. The van der Waals surface area contributed by atoms with Crippen molar-refractivity contribution in [3.05, 3.63) is 35.9 Å². The van der Waals surface area contributed by atoms with Crippen molar-refractivity contribution < 1.29 is 81.5 Å². The fourth-order valence-electron chi connectivity index (χ4n) is 8.08. The van der Waals surface area contributed by atoms with Crippen molar-refractivity contribution in [2.45, 2.75) is 176 Å². The Kier molecular flexibility index (Phi) is 37.5. The number of rotatable bonds is 43. The van der Waals surface area contributed by atoms with Gasteiger partial charge in [0, 0.05) is 83.3 Å². The van der Waals surface area contributed by atoms with Crippen LogP contribution in [0.2, 0.25) is 0 Å². The van der Waals surface area contributed by atoms with Crippen molar-refractivity contribution >= 4 is 64.8 Å². The zero-order valence-electron chi connectivity index (χ0n) is 49.3. The molecule has 0 radical (unpaired) electrons. The van der Waals surface area contributed by atoms with E-state index in [1.807, 2.05) is 32.9 Å². The largest absolute Gasteiger partial charge is 0.506 e. The number of nitrogens with zero attached hydrogens (tertiary/aromatic N) is 1. The minimum absolute atomic E-state index is 0.00678. The molecule has 0 bridgehead atoms. The Morgan fingerprint density at radius 2 is 1.19 bits per heavy atom. The average molecular weight is 1140 g/mol. The highest BCUT2D eigenvalue weighted by Crippen LogP contribution is 2.33. The summed E-state index contributed by atoms with van der Waals surface area (Å²) < 4.78 is 27.0. The van der Waals surface area contributed by atoms with E-state index in [4.69, 9.17) is 33.3 Å². The summed E-state index contributed by atoms with van der Waals surface area (Å²) in [5.74, 6) is -1.59. The van der Waals surface area contributed by atoms with Crippen LogP contribution in [0.4, 0.5) is 5.69 Å². The summed E-state index contributed by atoms with van der Waals surface area (Å²) in [5, 5.41) is 21.7. The highest BCUT2D eigenvalue weighted by Gasteiger charge is 2.25. The van der Waals surface area contributed by atoms with Crippen LogP contribution in [0.1, 0.15) is 164 Å². The number of anilines is 1. The minimum Gasteiger partial charge on any atom is -0.506 e. The van der Waals surface area contributed by atoms with E-state index in [1.54, 1.807) is 6.07 Å². The Morgan fingerprint density at radius 3 is 1.83 bits per heavy atom. The molecule has 0 aromatic heterocycles. The van der Waals surface area contributed by atoms with Crippen LogP contribution in [0.3, 0.4) is 0 Å². The molecule has 1 aromatic rings. The number of aromatic hydroxyl groups is 1. The van der Waals surface area contributed by atoms with E-state index in [9.17, 15) is 48.3 Å². The first-order chi connectivity index (χ1) is 38.3. The van der Waals surface area contributed by atoms with Gasteiger partial charge >= 0.3 is 12.1 Å². The van der Waals surface area contributed by atoms with Gasteiger partial charge in [-0.15, -0.1) is 0 Å². The van der Waals surface area contributed by atoms with Crippen LogP contribution in [0.15, 0.2) is 30.4 Å². The Morgan fingerprint density at radius 1 is 0.617 bits per heavy atom. The number of nitrogens with one attached hydrogen (secondary N) is 4. The fraction of sp³-hybridized carbons (Fsp3) is 0.695. The molecule has 0 saturated heterocycles. The third-order valence-electron chi connectivity index (χ3n) is 12.9. The van der Waals surface area contributed by atoms with Gasteiger partial charge in [0.1, 0.15) is 17.1 Å². The molecule has 3 atom stereocenters. The maximum Gasteiger partial charge on any atom is 0.373 e. The van der Waals surface area contributed by atoms with Gasteiger partial charge in [-0.05, 0) is 114 Å². The number of Topliss-reactive ketones (excluding diaryl/α,β-unsaturated/α-hetero) is 2. The molecule has 6 amide bonds. The average Bonchev–Trinajstić information content (AvgIpc) is 3.70. The highest BCUT2D eigenvalue weighted by molar-refractivity contribution is 6.12. The van der Waals surface area contributed by atoms with E-state index >= 15 is 0 Å². The summed E-state index contributed by atoms with van der Waals surface area (Å²) in [6.45, 7) is 19.4. The maximum atomic E-state index is 13.5. The number of ether oxygens (including phenoxy) is 5. The second-order valence-corrected chi connectivity index (χ2v) is 22.2. The van der Waals surface area contributed by atoms with Crippen molar-refractivity contribution in [3.63, 3.8) is 0 Å². The monoisotopic (exact) mass is 1140 g/mol. The number of esters is 1. The lowest BCUT2D eigenvalue weighted by Gasteiger charge is -2.29. The van der Waals surface area contributed by atoms with Gasteiger partial charge in [0.15, 0.2) is 5.78 Å². The fourth-order valence-corrected chi connectivity index (χ4v) is 8.08. The quantitative estimate of drug-likeness (QED) is 0.0215. The van der Waals surface area contributed by atoms with Gasteiger partial charge in [-0.2, -0.15) is 9.59 Å². The molecule has 0 saturated carbocycles. The number of imide groups is 1. The number of ketones is 2. The number of carbonyl (C=O) groups is 9. The van der Waals surface area contributed by atoms with Gasteiger partial charge in [0.05, 0.1) is 64.4 Å². The number of phenols is 1. The van der Waals surface area contributed by atoms with Crippen molar-refractivity contribution in [1.29, 1.82) is 0 Å². The number of unbranched alkanes of at least 4 members (excludes halogenated alkanes) is 2. The van der Waals surface area contributed by atoms with Gasteiger partial charge in [0.25, 0.3) is 11.8 Å². The number of amides is 6. The lowest BCUT2D eigenvalue weighted by atomic mass is 9.76. The highest BCUT2D eigenvalue weighted by atomic mass is 16.6. The molecule has 22 nitrogen and oxygen atoms in total. The Hall–Kier alpha value is -6.19. The van der Waals surface area contributed by atoms with E-state index in [-0.39, 0.29) is 150 Å². The molecule has 1 aliphatic rings. The van der Waals surface area contributed by atoms with E-state index in [2.05, 4.69) is 55.9 Å². The van der Waals surface area contributed by atoms with Crippen LogP contribution in [0.25, 0.3) is 0 Å². The molecule has 0 aliphatic carbocycles. The third-order valence-corrected chi connectivity index (χ3v) is 12.9. The molecule has 22 heteroatoms. The number of phenolic OH excluding ortho intramolecular Hbond substituents is 1. The van der Waals surface area contributed by atoms with Crippen molar-refractivity contribution in [1.82, 2.24) is 20.9 Å². The molecular weight excluding hydrogens is 1050 g/mol. The topological polar surface area (TPSA) is 306 Å². The number of hydrogen-bond acceptors (Lipinski definition) is 17. The van der Waals surface area contributed by atoms with E-state index in [0.717, 1.165) is 23.3 Å². The SMILES string of the molecule is CC(C[C@@H](C)Cc1ccc(O)c(NC(=O)CCCCC(=O)[C@H](CCCCNC(=O)CCOCCC(=O)NCCOCCC(=O)CCCOCCOCCC(=O)OC(C)(C)C)NC(=O)CCCN2C(=O)C=CC2=O)c1)C(C)(C)C.O=C=O. The van der Waals surface area contributed by atoms with Gasteiger partial charge in [-0.25, -0.2) is 0 Å². The summed E-state index contributed by atoms with van der Waals surface area (Å²) >= 11 is 0. The molecule has 1 aromatic carbocycles. The van der Waals surface area contributed by atoms with Crippen LogP contribution in [-0.2, 0) is 82.8 Å². The molecule has 1 aliphatic heterocycles. The predicted molar refractivity (Wildman–Crippen MR) is 300 cm³/mol.